The summed E-state index contributed by atoms with van der Waals surface area (Å²) in [6.07, 6.45) is 1.79. The maximum absolute atomic E-state index is 8.74. The van der Waals surface area contributed by atoms with Gasteiger partial charge in [-0.25, -0.2) is 0 Å². The molecule has 1 atom stereocenters. The summed E-state index contributed by atoms with van der Waals surface area (Å²) in [5, 5.41) is 9.69. The second-order valence-corrected chi connectivity index (χ2v) is 4.30. The van der Waals surface area contributed by atoms with E-state index < -0.39 is 0 Å². The molecular formula is C13H14BrN. The van der Waals surface area contributed by atoms with Crippen LogP contribution >= 0.6 is 15.9 Å². The van der Waals surface area contributed by atoms with Crippen LogP contribution in [0, 0.1) is 11.3 Å². The van der Waals surface area contributed by atoms with Gasteiger partial charge in [0.1, 0.15) is 0 Å². The number of benzene rings is 1. The number of nitrogens with zero attached hydrogens (tertiary/aromatic N) is 1. The molecule has 0 saturated carbocycles. The fraction of sp³-hybridized carbons (Fsp3) is 0.308. The van der Waals surface area contributed by atoms with Crippen LogP contribution in [0.3, 0.4) is 0 Å². The van der Waals surface area contributed by atoms with Gasteiger partial charge in [-0.15, -0.1) is 0 Å². The number of hydrogen-bond donors (Lipinski definition) is 0. The maximum atomic E-state index is 8.74. The number of rotatable bonds is 5. The Morgan fingerprint density at radius 3 is 2.60 bits per heavy atom. The van der Waals surface area contributed by atoms with Gasteiger partial charge in [0.2, 0.25) is 0 Å². The Kier molecular flexibility index (Phi) is 5.14. The van der Waals surface area contributed by atoms with Crippen LogP contribution in [0.2, 0.25) is 0 Å². The normalized spacial score (nSPS) is 11.7. The molecule has 1 aromatic rings. The van der Waals surface area contributed by atoms with E-state index in [-0.39, 0.29) is 0 Å². The van der Waals surface area contributed by atoms with E-state index in [9.17, 15) is 0 Å². The molecule has 0 fully saturated rings. The highest BCUT2D eigenvalue weighted by atomic mass is 79.9. The van der Waals surface area contributed by atoms with Gasteiger partial charge in [-0.3, -0.25) is 0 Å². The van der Waals surface area contributed by atoms with E-state index in [0.717, 1.165) is 18.2 Å². The van der Waals surface area contributed by atoms with Crippen molar-refractivity contribution in [2.45, 2.75) is 18.8 Å². The van der Waals surface area contributed by atoms with E-state index in [1.165, 1.54) is 5.56 Å². The molecule has 1 unspecified atom stereocenters. The smallest absolute Gasteiger partial charge is 0.0941 e. The quantitative estimate of drug-likeness (QED) is 0.582. The molecule has 0 aromatic heterocycles. The molecule has 1 aromatic carbocycles. The summed E-state index contributed by atoms with van der Waals surface area (Å²) in [4.78, 5) is 0. The van der Waals surface area contributed by atoms with Crippen molar-refractivity contribution in [1.82, 2.24) is 0 Å². The largest absolute Gasteiger partial charge is 0.193 e. The molecule has 0 aliphatic rings. The van der Waals surface area contributed by atoms with Gasteiger partial charge in [-0.05, 0) is 24.3 Å². The van der Waals surface area contributed by atoms with Gasteiger partial charge in [-0.2, -0.15) is 5.26 Å². The lowest BCUT2D eigenvalue weighted by atomic mass is 9.91. The number of halogens is 1. The molecule has 2 heteroatoms. The molecule has 0 spiro atoms. The topological polar surface area (TPSA) is 23.8 Å². The Hall–Kier alpha value is -1.07. The van der Waals surface area contributed by atoms with E-state index in [1.54, 1.807) is 0 Å². The van der Waals surface area contributed by atoms with Gasteiger partial charge in [-0.1, -0.05) is 52.8 Å². The van der Waals surface area contributed by atoms with Crippen LogP contribution in [0.25, 0.3) is 0 Å². The molecule has 0 bridgehead atoms. The van der Waals surface area contributed by atoms with Crippen LogP contribution in [-0.4, -0.2) is 5.33 Å². The van der Waals surface area contributed by atoms with Crippen LogP contribution in [0.4, 0.5) is 0 Å². The molecule has 0 radical (unpaired) electrons. The average Bonchev–Trinajstić information content (AvgIpc) is 2.29. The Morgan fingerprint density at radius 2 is 2.07 bits per heavy atom. The van der Waals surface area contributed by atoms with Crippen molar-refractivity contribution in [2.24, 2.45) is 0 Å². The van der Waals surface area contributed by atoms with Crippen molar-refractivity contribution in [1.29, 1.82) is 5.26 Å². The molecule has 78 valence electrons. The first-order valence-electron chi connectivity index (χ1n) is 4.96. The van der Waals surface area contributed by atoms with E-state index >= 15 is 0 Å². The molecule has 0 N–H and O–H groups in total. The van der Waals surface area contributed by atoms with Crippen LogP contribution < -0.4 is 0 Å². The second kappa shape index (κ2) is 6.42. The van der Waals surface area contributed by atoms with E-state index in [4.69, 9.17) is 5.26 Å². The number of alkyl halides is 1. The predicted octanol–water partition coefficient (Wildman–Crippen LogP) is 4.03. The summed E-state index contributed by atoms with van der Waals surface area (Å²) in [5.41, 5.74) is 1.94. The van der Waals surface area contributed by atoms with Crippen LogP contribution in [0.5, 0.6) is 0 Å². The van der Waals surface area contributed by atoms with E-state index in [0.29, 0.717) is 11.5 Å². The van der Waals surface area contributed by atoms with Crippen molar-refractivity contribution in [3.63, 3.8) is 0 Å². The molecule has 0 heterocycles. The first-order valence-corrected chi connectivity index (χ1v) is 6.09. The summed E-state index contributed by atoms with van der Waals surface area (Å²) in [5.74, 6) is 0.401. The standard InChI is InChI=1S/C13H14BrN/c1-11(10-15)9-13(7-8-14)12-5-3-2-4-6-12/h2-6,13H,1,7-9H2. The number of hydrogen-bond acceptors (Lipinski definition) is 1. The highest BCUT2D eigenvalue weighted by Crippen LogP contribution is 2.26. The first-order chi connectivity index (χ1) is 7.27. The Labute approximate surface area is 99.6 Å². The zero-order valence-corrected chi connectivity index (χ0v) is 10.2. The van der Waals surface area contributed by atoms with Crippen molar-refractivity contribution in [3.8, 4) is 6.07 Å². The lowest BCUT2D eigenvalue weighted by Crippen LogP contribution is -2.00. The fourth-order valence-corrected chi connectivity index (χ4v) is 2.14. The van der Waals surface area contributed by atoms with Gasteiger partial charge in [0.25, 0.3) is 0 Å². The van der Waals surface area contributed by atoms with Gasteiger partial charge in [0.05, 0.1) is 6.07 Å². The monoisotopic (exact) mass is 263 g/mol. The van der Waals surface area contributed by atoms with Crippen molar-refractivity contribution < 1.29 is 0 Å². The minimum absolute atomic E-state index is 0.401. The average molecular weight is 264 g/mol. The first kappa shape index (κ1) is 12.0. The highest BCUT2D eigenvalue weighted by Gasteiger charge is 2.11. The zero-order valence-electron chi connectivity index (χ0n) is 8.62. The Morgan fingerprint density at radius 1 is 1.40 bits per heavy atom. The Balaban J connectivity index is 2.75. The minimum Gasteiger partial charge on any atom is -0.193 e. The van der Waals surface area contributed by atoms with E-state index in [1.807, 2.05) is 18.2 Å². The minimum atomic E-state index is 0.401. The van der Waals surface area contributed by atoms with Crippen LogP contribution in [0.1, 0.15) is 24.3 Å². The van der Waals surface area contributed by atoms with Gasteiger partial charge < -0.3 is 0 Å². The number of nitriles is 1. The van der Waals surface area contributed by atoms with Gasteiger partial charge in [0, 0.05) is 10.9 Å². The third kappa shape index (κ3) is 3.89. The summed E-state index contributed by atoms with van der Waals surface area (Å²) in [6.45, 7) is 3.74. The van der Waals surface area contributed by atoms with Crippen LogP contribution in [-0.2, 0) is 0 Å². The zero-order chi connectivity index (χ0) is 11.1. The van der Waals surface area contributed by atoms with E-state index in [2.05, 4.69) is 40.7 Å². The van der Waals surface area contributed by atoms with Crippen molar-refractivity contribution in [3.05, 3.63) is 48.0 Å². The van der Waals surface area contributed by atoms with Crippen molar-refractivity contribution >= 4 is 15.9 Å². The third-order valence-electron chi connectivity index (χ3n) is 2.38. The lowest BCUT2D eigenvalue weighted by Gasteiger charge is -2.15. The Bertz CT molecular complexity index is 351. The van der Waals surface area contributed by atoms with Gasteiger partial charge in [0.15, 0.2) is 0 Å². The molecule has 1 rings (SSSR count). The van der Waals surface area contributed by atoms with Crippen molar-refractivity contribution in [2.75, 3.05) is 5.33 Å². The summed E-state index contributed by atoms with van der Waals surface area (Å²) in [6, 6.07) is 12.4. The summed E-state index contributed by atoms with van der Waals surface area (Å²) >= 11 is 3.45. The SMILES string of the molecule is C=C(C#N)CC(CCBr)c1ccccc1. The predicted molar refractivity (Wildman–Crippen MR) is 67.0 cm³/mol. The van der Waals surface area contributed by atoms with Crippen LogP contribution in [0.15, 0.2) is 42.5 Å². The highest BCUT2D eigenvalue weighted by molar-refractivity contribution is 9.09. The molecule has 0 saturated heterocycles. The molecule has 0 aliphatic carbocycles. The molecule has 0 aliphatic heterocycles. The summed E-state index contributed by atoms with van der Waals surface area (Å²) < 4.78 is 0. The second-order valence-electron chi connectivity index (χ2n) is 3.50. The lowest BCUT2D eigenvalue weighted by molar-refractivity contribution is 0.673. The third-order valence-corrected chi connectivity index (χ3v) is 2.84. The molecule has 1 nitrogen and oxygen atoms in total. The van der Waals surface area contributed by atoms with Gasteiger partial charge >= 0.3 is 0 Å². The maximum Gasteiger partial charge on any atom is 0.0941 e. The molecule has 0 amide bonds. The molecule has 15 heavy (non-hydrogen) atoms. The number of allylic oxidation sites excluding steroid dienone is 1. The fourth-order valence-electron chi connectivity index (χ4n) is 1.59. The molecular weight excluding hydrogens is 250 g/mol. The summed E-state index contributed by atoms with van der Waals surface area (Å²) in [7, 11) is 0.